The zero-order chi connectivity index (χ0) is 12.4. The minimum atomic E-state index is -2.09. The van der Waals surface area contributed by atoms with Crippen molar-refractivity contribution in [3.05, 3.63) is 10.1 Å². The predicted molar refractivity (Wildman–Crippen MR) is 46.3 cm³/mol. The van der Waals surface area contributed by atoms with E-state index in [1.165, 1.54) is 0 Å². The Hall–Kier alpha value is -0.840. The summed E-state index contributed by atoms with van der Waals surface area (Å²) in [5.74, 6) is 0. The SMILES string of the molecule is O=[N+]([O-])C(O)C(O)CO.OCC(O)CO. The lowest BCUT2D eigenvalue weighted by Crippen LogP contribution is -2.35. The van der Waals surface area contributed by atoms with E-state index >= 15 is 0 Å². The average Bonchev–Trinajstić information content (AvgIpc) is 2.26. The van der Waals surface area contributed by atoms with E-state index in [0.29, 0.717) is 0 Å². The molecule has 0 aromatic rings. The fraction of sp³-hybridized carbons (Fsp3) is 1.00. The van der Waals surface area contributed by atoms with Gasteiger partial charge in [0.15, 0.2) is 6.10 Å². The van der Waals surface area contributed by atoms with E-state index in [-0.39, 0.29) is 13.2 Å². The molecule has 0 aliphatic carbocycles. The first-order valence-electron chi connectivity index (χ1n) is 3.90. The Bertz CT molecular complexity index is 161. The number of hydrogen-bond donors (Lipinski definition) is 6. The Balaban J connectivity index is 0. The molecule has 9 heteroatoms. The van der Waals surface area contributed by atoms with E-state index in [4.69, 9.17) is 30.6 Å². The maximum Gasteiger partial charge on any atom is 0.341 e. The number of aliphatic hydroxyl groups is 6. The van der Waals surface area contributed by atoms with Crippen molar-refractivity contribution in [3.63, 3.8) is 0 Å². The molecule has 9 nitrogen and oxygen atoms in total. The van der Waals surface area contributed by atoms with Crippen molar-refractivity contribution in [1.29, 1.82) is 0 Å². The maximum absolute atomic E-state index is 9.58. The molecule has 92 valence electrons. The second-order valence-corrected chi connectivity index (χ2v) is 2.47. The van der Waals surface area contributed by atoms with Gasteiger partial charge in [0.05, 0.1) is 24.7 Å². The lowest BCUT2D eigenvalue weighted by molar-refractivity contribution is -0.583. The smallest absolute Gasteiger partial charge is 0.341 e. The maximum atomic E-state index is 9.58. The molecule has 15 heavy (non-hydrogen) atoms. The second-order valence-electron chi connectivity index (χ2n) is 2.47. The summed E-state index contributed by atoms with van der Waals surface area (Å²) >= 11 is 0. The summed E-state index contributed by atoms with van der Waals surface area (Å²) in [5, 5.41) is 58.3. The van der Waals surface area contributed by atoms with Crippen LogP contribution in [0.15, 0.2) is 0 Å². The lowest BCUT2D eigenvalue weighted by Gasteiger charge is -2.05. The van der Waals surface area contributed by atoms with E-state index < -0.39 is 30.0 Å². The van der Waals surface area contributed by atoms with Crippen molar-refractivity contribution in [2.24, 2.45) is 0 Å². The molecule has 0 heterocycles. The highest BCUT2D eigenvalue weighted by molar-refractivity contribution is 4.52. The van der Waals surface area contributed by atoms with Crippen LogP contribution in [-0.4, -0.2) is 73.8 Å². The van der Waals surface area contributed by atoms with Crippen LogP contribution >= 0.6 is 0 Å². The van der Waals surface area contributed by atoms with Gasteiger partial charge >= 0.3 is 6.23 Å². The summed E-state index contributed by atoms with van der Waals surface area (Å²) in [6.07, 6.45) is -4.74. The van der Waals surface area contributed by atoms with Gasteiger partial charge in [0.1, 0.15) is 6.10 Å². The van der Waals surface area contributed by atoms with Crippen LogP contribution in [0.25, 0.3) is 0 Å². The summed E-state index contributed by atoms with van der Waals surface area (Å²) in [4.78, 5) is 8.50. The van der Waals surface area contributed by atoms with E-state index in [1.54, 1.807) is 0 Å². The quantitative estimate of drug-likeness (QED) is 0.159. The Morgan fingerprint density at radius 3 is 1.47 bits per heavy atom. The highest BCUT2D eigenvalue weighted by Crippen LogP contribution is 1.91. The molecule has 6 N–H and O–H groups in total. The molecule has 0 radical (unpaired) electrons. The van der Waals surface area contributed by atoms with Gasteiger partial charge in [-0.2, -0.15) is 0 Å². The molecule has 0 saturated carbocycles. The van der Waals surface area contributed by atoms with Crippen molar-refractivity contribution in [2.45, 2.75) is 18.4 Å². The van der Waals surface area contributed by atoms with Gasteiger partial charge in [-0.1, -0.05) is 0 Å². The van der Waals surface area contributed by atoms with Gasteiger partial charge in [0.25, 0.3) is 0 Å². The molecule has 0 aromatic carbocycles. The number of nitrogens with zero attached hydrogens (tertiary/aromatic N) is 1. The summed E-state index contributed by atoms with van der Waals surface area (Å²) in [7, 11) is 0. The van der Waals surface area contributed by atoms with Crippen LogP contribution in [0.2, 0.25) is 0 Å². The molecule has 0 spiro atoms. The van der Waals surface area contributed by atoms with Gasteiger partial charge in [-0.05, 0) is 0 Å². The summed E-state index contributed by atoms with van der Waals surface area (Å²) in [6.45, 7) is -1.55. The summed E-state index contributed by atoms with van der Waals surface area (Å²) in [6, 6.07) is 0. The van der Waals surface area contributed by atoms with E-state index in [9.17, 15) is 10.1 Å². The minimum absolute atomic E-state index is 0.365. The Morgan fingerprint density at radius 1 is 1.00 bits per heavy atom. The molecule has 0 aliphatic rings. The fourth-order valence-electron chi connectivity index (χ4n) is 0.293. The summed E-state index contributed by atoms with van der Waals surface area (Å²) in [5.41, 5.74) is 0. The zero-order valence-corrected chi connectivity index (χ0v) is 7.80. The van der Waals surface area contributed by atoms with Crippen molar-refractivity contribution >= 4 is 0 Å². The highest BCUT2D eigenvalue weighted by Gasteiger charge is 2.25. The van der Waals surface area contributed by atoms with E-state index in [0.717, 1.165) is 0 Å². The Morgan fingerprint density at radius 2 is 1.40 bits per heavy atom. The largest absolute Gasteiger partial charge is 0.394 e. The molecular weight excluding hydrogens is 214 g/mol. The lowest BCUT2D eigenvalue weighted by atomic mass is 10.3. The van der Waals surface area contributed by atoms with Crippen molar-refractivity contribution in [3.8, 4) is 0 Å². The average molecular weight is 229 g/mol. The topological polar surface area (TPSA) is 165 Å². The number of hydrogen-bond acceptors (Lipinski definition) is 8. The fourth-order valence-corrected chi connectivity index (χ4v) is 0.293. The molecule has 0 amide bonds. The monoisotopic (exact) mass is 229 g/mol. The number of rotatable bonds is 5. The molecule has 2 atom stereocenters. The van der Waals surface area contributed by atoms with Crippen LogP contribution in [0.5, 0.6) is 0 Å². The van der Waals surface area contributed by atoms with Crippen molar-refractivity contribution in [2.75, 3.05) is 19.8 Å². The molecule has 0 bridgehead atoms. The third-order valence-corrected chi connectivity index (χ3v) is 1.17. The van der Waals surface area contributed by atoms with Crippen LogP contribution in [-0.2, 0) is 0 Å². The van der Waals surface area contributed by atoms with Gasteiger partial charge < -0.3 is 30.6 Å². The third-order valence-electron chi connectivity index (χ3n) is 1.17. The van der Waals surface area contributed by atoms with Crippen LogP contribution in [0.4, 0.5) is 0 Å². The zero-order valence-electron chi connectivity index (χ0n) is 7.80. The first kappa shape index (κ1) is 16.6. The number of aliphatic hydroxyl groups excluding tert-OH is 6. The van der Waals surface area contributed by atoms with Crippen LogP contribution in [0.1, 0.15) is 0 Å². The van der Waals surface area contributed by atoms with Gasteiger partial charge in [-0.15, -0.1) is 0 Å². The van der Waals surface area contributed by atoms with Crippen LogP contribution in [0.3, 0.4) is 0 Å². The van der Waals surface area contributed by atoms with E-state index in [2.05, 4.69) is 0 Å². The normalized spacial score (nSPS) is 14.1. The predicted octanol–water partition coefficient (Wildman–Crippen LogP) is -3.73. The van der Waals surface area contributed by atoms with Gasteiger partial charge in [0, 0.05) is 0 Å². The third kappa shape index (κ3) is 9.46. The first-order valence-corrected chi connectivity index (χ1v) is 3.90. The molecule has 0 fully saturated rings. The van der Waals surface area contributed by atoms with Gasteiger partial charge in [-0.3, -0.25) is 10.1 Å². The highest BCUT2D eigenvalue weighted by atomic mass is 16.7. The molecule has 0 saturated heterocycles. The molecule has 2 unspecified atom stereocenters. The Kier molecular flexibility index (Phi) is 10.7. The molecule has 0 rings (SSSR count). The van der Waals surface area contributed by atoms with Gasteiger partial charge in [-0.25, -0.2) is 0 Å². The second kappa shape index (κ2) is 9.71. The van der Waals surface area contributed by atoms with Crippen LogP contribution in [0, 0.1) is 10.1 Å². The standard InChI is InChI=1S/C3H7NO5.C3H8O3/c5-1-2(6)3(7)4(8)9;4-1-3(6)2-5/h2-3,5-7H,1H2;3-6H,1-2H2. The van der Waals surface area contributed by atoms with Crippen molar-refractivity contribution in [1.82, 2.24) is 0 Å². The first-order chi connectivity index (χ1) is 6.90. The molecule has 0 aromatic heterocycles. The molecule has 0 aliphatic heterocycles. The molecular formula is C6H15NO8. The van der Waals surface area contributed by atoms with E-state index in [1.807, 2.05) is 0 Å². The van der Waals surface area contributed by atoms with Crippen LogP contribution < -0.4 is 0 Å². The Labute approximate surface area is 85.0 Å². The minimum Gasteiger partial charge on any atom is -0.394 e. The van der Waals surface area contributed by atoms with Crippen molar-refractivity contribution < 1.29 is 35.6 Å². The summed E-state index contributed by atoms with van der Waals surface area (Å²) < 4.78 is 0. The number of nitro groups is 1. The van der Waals surface area contributed by atoms with Gasteiger partial charge in [0.2, 0.25) is 0 Å².